The molecule has 0 saturated heterocycles. The van der Waals surface area contributed by atoms with Gasteiger partial charge in [0.1, 0.15) is 5.00 Å². The highest BCUT2D eigenvalue weighted by Gasteiger charge is 2.35. The van der Waals surface area contributed by atoms with Crippen molar-refractivity contribution in [3.8, 4) is 0 Å². The number of fused-ring (bicyclic) bond motifs is 1. The summed E-state index contributed by atoms with van der Waals surface area (Å²) in [6.07, 6.45) is -6.06. The molecule has 0 bridgehead atoms. The van der Waals surface area contributed by atoms with Crippen LogP contribution in [0.5, 0.6) is 0 Å². The Labute approximate surface area is 179 Å². The molecule has 1 heterocycles. The summed E-state index contributed by atoms with van der Waals surface area (Å²) in [6, 6.07) is 10.7. The summed E-state index contributed by atoms with van der Waals surface area (Å²) in [5.74, 6) is -1.76. The van der Waals surface area contributed by atoms with Crippen LogP contribution in [0.2, 0.25) is 0 Å². The Kier molecular flexibility index (Phi) is 6.10. The molecule has 31 heavy (non-hydrogen) atoms. The molecule has 2 aromatic carbocycles. The van der Waals surface area contributed by atoms with Crippen LogP contribution in [0, 0.1) is 0 Å². The van der Waals surface area contributed by atoms with Crippen LogP contribution in [-0.2, 0) is 10.0 Å². The number of carboxylic acid groups (broad SMARTS) is 1. The molecule has 6 nitrogen and oxygen atoms in total. The van der Waals surface area contributed by atoms with Gasteiger partial charge in [0.2, 0.25) is 0 Å². The number of carbonyl (C=O) groups is 2. The van der Waals surface area contributed by atoms with E-state index in [2.05, 4.69) is 0 Å². The van der Waals surface area contributed by atoms with Crippen molar-refractivity contribution < 1.29 is 36.3 Å². The maximum absolute atomic E-state index is 13.3. The van der Waals surface area contributed by atoms with Gasteiger partial charge in [-0.2, -0.15) is 13.2 Å². The van der Waals surface area contributed by atoms with Crippen molar-refractivity contribution in [3.63, 3.8) is 0 Å². The summed E-state index contributed by atoms with van der Waals surface area (Å²) in [5.41, 5.74) is -0.152. The van der Waals surface area contributed by atoms with E-state index in [1.165, 1.54) is 6.92 Å². The van der Waals surface area contributed by atoms with E-state index in [4.69, 9.17) is 5.11 Å². The average molecular weight is 471 g/mol. The van der Waals surface area contributed by atoms with E-state index < -0.39 is 40.9 Å². The number of anilines is 1. The fraction of sp³-hybridized carbons (Fsp3) is 0.200. The van der Waals surface area contributed by atoms with Crippen molar-refractivity contribution in [1.29, 1.82) is 0 Å². The summed E-state index contributed by atoms with van der Waals surface area (Å²) in [7, 11) is -4.52. The van der Waals surface area contributed by atoms with E-state index in [9.17, 15) is 31.2 Å². The molecule has 164 valence electrons. The van der Waals surface area contributed by atoms with Gasteiger partial charge in [-0.1, -0.05) is 18.2 Å². The fourth-order valence-corrected chi connectivity index (χ4v) is 5.97. The molecule has 0 saturated carbocycles. The second-order valence-corrected chi connectivity index (χ2v) is 9.50. The number of aromatic carboxylic acids is 1. The summed E-state index contributed by atoms with van der Waals surface area (Å²) >= 11 is 0.905. The monoisotopic (exact) mass is 471 g/mol. The zero-order valence-electron chi connectivity index (χ0n) is 16.0. The molecule has 0 aliphatic heterocycles. The van der Waals surface area contributed by atoms with Crippen molar-refractivity contribution in [1.82, 2.24) is 0 Å². The predicted molar refractivity (Wildman–Crippen MR) is 110 cm³/mol. The maximum Gasteiger partial charge on any atom is 0.390 e. The highest BCUT2D eigenvalue weighted by Crippen LogP contribution is 2.41. The molecule has 0 aliphatic carbocycles. The second kappa shape index (κ2) is 8.31. The predicted octanol–water partition coefficient (Wildman–Crippen LogP) is 4.95. The number of rotatable bonds is 7. The van der Waals surface area contributed by atoms with Crippen LogP contribution in [0.4, 0.5) is 18.2 Å². The third kappa shape index (κ3) is 4.72. The lowest BCUT2D eigenvalue weighted by Gasteiger charge is -2.24. The number of Topliss-reactive ketones (excluding diaryl/α,β-unsaturated/α-hetero) is 1. The molecular weight excluding hydrogens is 455 g/mol. The number of alkyl halides is 3. The molecule has 0 aliphatic rings. The van der Waals surface area contributed by atoms with Crippen LogP contribution in [0.25, 0.3) is 10.1 Å². The number of nitrogens with zero attached hydrogens (tertiary/aromatic N) is 1. The Morgan fingerprint density at radius 2 is 1.68 bits per heavy atom. The number of benzene rings is 2. The van der Waals surface area contributed by atoms with Crippen LogP contribution in [0.15, 0.2) is 53.4 Å². The first-order valence-electron chi connectivity index (χ1n) is 8.87. The Balaban J connectivity index is 2.19. The van der Waals surface area contributed by atoms with Crippen LogP contribution >= 0.6 is 11.3 Å². The van der Waals surface area contributed by atoms with Crippen molar-refractivity contribution in [2.24, 2.45) is 0 Å². The first kappa shape index (κ1) is 22.8. The summed E-state index contributed by atoms with van der Waals surface area (Å²) in [6.45, 7) is 0.286. The van der Waals surface area contributed by atoms with Crippen molar-refractivity contribution in [2.75, 3.05) is 10.8 Å². The highest BCUT2D eigenvalue weighted by atomic mass is 32.2. The minimum atomic E-state index is -4.63. The van der Waals surface area contributed by atoms with Gasteiger partial charge in [0, 0.05) is 16.6 Å². The lowest BCUT2D eigenvalue weighted by atomic mass is 10.1. The Morgan fingerprint density at radius 3 is 2.23 bits per heavy atom. The molecule has 0 unspecified atom stereocenters. The Bertz CT molecular complexity index is 1250. The van der Waals surface area contributed by atoms with Gasteiger partial charge in [-0.05, 0) is 37.3 Å². The first-order valence-corrected chi connectivity index (χ1v) is 11.1. The minimum Gasteiger partial charge on any atom is -0.478 e. The number of carbonyl (C=O) groups excluding carboxylic acids is 1. The molecule has 0 spiro atoms. The fourth-order valence-electron chi connectivity index (χ4n) is 3.00. The second-order valence-electron chi connectivity index (χ2n) is 6.61. The quantitative estimate of drug-likeness (QED) is 0.493. The number of hydrogen-bond acceptors (Lipinski definition) is 5. The van der Waals surface area contributed by atoms with Crippen molar-refractivity contribution >= 4 is 48.2 Å². The number of thiophene rings is 1. The van der Waals surface area contributed by atoms with E-state index in [1.54, 1.807) is 24.3 Å². The zero-order valence-corrected chi connectivity index (χ0v) is 17.6. The average Bonchev–Trinajstić information content (AvgIpc) is 3.06. The van der Waals surface area contributed by atoms with E-state index >= 15 is 0 Å². The van der Waals surface area contributed by atoms with Crippen molar-refractivity contribution in [3.05, 3.63) is 59.7 Å². The molecule has 0 fully saturated rings. The van der Waals surface area contributed by atoms with Gasteiger partial charge in [0.25, 0.3) is 10.0 Å². The van der Waals surface area contributed by atoms with Crippen LogP contribution in [0.1, 0.15) is 34.1 Å². The third-order valence-electron chi connectivity index (χ3n) is 4.44. The summed E-state index contributed by atoms with van der Waals surface area (Å²) in [5, 5.41) is 9.33. The molecule has 1 aromatic heterocycles. The molecule has 0 radical (unpaired) electrons. The van der Waals surface area contributed by atoms with Gasteiger partial charge in [0.05, 0.1) is 22.4 Å². The smallest absolute Gasteiger partial charge is 0.390 e. The minimum absolute atomic E-state index is 0.0218. The Hall–Kier alpha value is -2.92. The first-order chi connectivity index (χ1) is 14.4. The lowest BCUT2D eigenvalue weighted by Crippen LogP contribution is -2.34. The van der Waals surface area contributed by atoms with E-state index in [0.717, 1.165) is 35.6 Å². The third-order valence-corrected chi connectivity index (χ3v) is 7.57. The molecule has 11 heteroatoms. The summed E-state index contributed by atoms with van der Waals surface area (Å²) in [4.78, 5) is 23.0. The van der Waals surface area contributed by atoms with E-state index in [1.807, 2.05) is 0 Å². The van der Waals surface area contributed by atoms with Crippen molar-refractivity contribution in [2.45, 2.75) is 24.4 Å². The highest BCUT2D eigenvalue weighted by molar-refractivity contribution is 7.93. The zero-order chi connectivity index (χ0) is 23.0. The lowest BCUT2D eigenvalue weighted by molar-refractivity contribution is -0.131. The van der Waals surface area contributed by atoms with Gasteiger partial charge in [-0.3, -0.25) is 9.10 Å². The summed E-state index contributed by atoms with van der Waals surface area (Å²) < 4.78 is 66.6. The molecule has 3 rings (SSSR count). The normalized spacial score (nSPS) is 12.1. The molecular formula is C20H16F3NO5S2. The van der Waals surface area contributed by atoms with Crippen LogP contribution in [0.3, 0.4) is 0 Å². The van der Waals surface area contributed by atoms with Gasteiger partial charge in [-0.15, -0.1) is 11.3 Å². The van der Waals surface area contributed by atoms with Gasteiger partial charge in [-0.25, -0.2) is 13.2 Å². The van der Waals surface area contributed by atoms with Gasteiger partial charge >= 0.3 is 12.1 Å². The molecule has 3 aromatic rings. The molecule has 0 amide bonds. The van der Waals surface area contributed by atoms with E-state index in [0.29, 0.717) is 14.4 Å². The molecule has 0 atom stereocenters. The number of sulfonamides is 1. The van der Waals surface area contributed by atoms with Gasteiger partial charge in [0.15, 0.2) is 5.78 Å². The molecule has 1 N–H and O–H groups in total. The largest absolute Gasteiger partial charge is 0.478 e. The van der Waals surface area contributed by atoms with Crippen LogP contribution < -0.4 is 4.31 Å². The number of carboxylic acids is 1. The number of hydrogen-bond donors (Lipinski definition) is 1. The number of halogens is 3. The topological polar surface area (TPSA) is 91.8 Å². The van der Waals surface area contributed by atoms with E-state index in [-0.39, 0.29) is 21.0 Å². The standard InChI is InChI=1S/C20H16F3NO5S2/c1-12(25)17-15-4-2-3-5-16(15)30-18(17)24(11-10-20(21,22)23)31(28,29)14-8-6-13(7-9-14)19(26)27/h2-9H,10-11H2,1H3,(H,26,27). The SMILES string of the molecule is CC(=O)c1c(N(CCC(F)(F)F)S(=O)(=O)c2ccc(C(=O)O)cc2)sc2ccccc12. The van der Waals surface area contributed by atoms with Crippen LogP contribution in [-0.4, -0.2) is 38.0 Å². The van der Waals surface area contributed by atoms with Gasteiger partial charge < -0.3 is 5.11 Å². The maximum atomic E-state index is 13.3. The Morgan fingerprint density at radius 1 is 1.06 bits per heavy atom. The number of ketones is 1.